The van der Waals surface area contributed by atoms with E-state index in [9.17, 15) is 19.5 Å². The Hall–Kier alpha value is -3.39. The average Bonchev–Trinajstić information content (AvgIpc) is 3.15. The van der Waals surface area contributed by atoms with Crippen molar-refractivity contribution < 1.29 is 29.0 Å². The number of alkyl carbamates (subject to hydrolysis) is 1. The van der Waals surface area contributed by atoms with Crippen molar-refractivity contribution in [3.63, 3.8) is 0 Å². The molecule has 1 fully saturated rings. The Morgan fingerprint density at radius 1 is 1.09 bits per heavy atom. The van der Waals surface area contributed by atoms with Gasteiger partial charge in [0.25, 0.3) is 0 Å². The Kier molecular flexibility index (Phi) is 6.36. The van der Waals surface area contributed by atoms with Gasteiger partial charge in [-0.2, -0.15) is 0 Å². The number of methoxy groups -OCH3 is 1. The van der Waals surface area contributed by atoms with Crippen LogP contribution in [-0.4, -0.2) is 65.9 Å². The summed E-state index contributed by atoms with van der Waals surface area (Å²) in [5, 5.41) is 12.3. The number of aliphatic carboxylic acids is 1. The highest BCUT2D eigenvalue weighted by Gasteiger charge is 2.46. The topological polar surface area (TPSA) is 105 Å². The lowest BCUT2D eigenvalue weighted by atomic mass is 9.91. The van der Waals surface area contributed by atoms with Gasteiger partial charge < -0.3 is 24.8 Å². The lowest BCUT2D eigenvalue weighted by Crippen LogP contribution is -2.62. The summed E-state index contributed by atoms with van der Waals surface area (Å²) in [6.07, 6.45) is 0.115. The second kappa shape index (κ2) is 9.10. The first-order valence-corrected chi connectivity index (χ1v) is 11.4. The Balaban J connectivity index is 1.41. The molecule has 0 radical (unpaired) electrons. The molecule has 2 aromatic rings. The summed E-state index contributed by atoms with van der Waals surface area (Å²) in [4.78, 5) is 39.0. The van der Waals surface area contributed by atoms with E-state index in [1.54, 1.807) is 13.8 Å². The number of ether oxygens (including phenoxy) is 2. The fourth-order valence-electron chi connectivity index (χ4n) is 4.96. The predicted molar refractivity (Wildman–Crippen MR) is 125 cm³/mol. The molecule has 0 spiro atoms. The zero-order chi connectivity index (χ0) is 24.5. The first-order valence-electron chi connectivity index (χ1n) is 11.4. The summed E-state index contributed by atoms with van der Waals surface area (Å²) in [6, 6.07) is 16.1. The van der Waals surface area contributed by atoms with E-state index >= 15 is 0 Å². The van der Waals surface area contributed by atoms with Gasteiger partial charge in [-0.05, 0) is 48.9 Å². The third kappa shape index (κ3) is 4.25. The van der Waals surface area contributed by atoms with Crippen molar-refractivity contribution in [1.29, 1.82) is 0 Å². The number of carboxylic acid groups (broad SMARTS) is 1. The molecular weight excluding hydrogens is 436 g/mol. The van der Waals surface area contributed by atoms with E-state index < -0.39 is 23.2 Å². The third-order valence-electron chi connectivity index (χ3n) is 6.82. The summed E-state index contributed by atoms with van der Waals surface area (Å²) in [6.45, 7) is 3.63. The quantitative estimate of drug-likeness (QED) is 0.676. The van der Waals surface area contributed by atoms with Crippen molar-refractivity contribution in [2.75, 3.05) is 26.8 Å². The Bertz CT molecular complexity index is 1070. The molecule has 2 aliphatic rings. The van der Waals surface area contributed by atoms with Crippen molar-refractivity contribution in [1.82, 2.24) is 10.2 Å². The molecular formula is C26H30N2O6. The Morgan fingerprint density at radius 2 is 1.68 bits per heavy atom. The lowest BCUT2D eigenvalue weighted by molar-refractivity contribution is -0.172. The van der Waals surface area contributed by atoms with Gasteiger partial charge in [-0.15, -0.1) is 0 Å². The fourth-order valence-corrected chi connectivity index (χ4v) is 4.96. The van der Waals surface area contributed by atoms with E-state index in [2.05, 4.69) is 17.4 Å². The minimum absolute atomic E-state index is 0.0759. The van der Waals surface area contributed by atoms with Gasteiger partial charge in [0, 0.05) is 19.6 Å². The van der Waals surface area contributed by atoms with Gasteiger partial charge in [-0.3, -0.25) is 4.79 Å². The first-order chi connectivity index (χ1) is 16.2. The van der Waals surface area contributed by atoms with Crippen molar-refractivity contribution in [3.8, 4) is 11.1 Å². The molecule has 1 unspecified atom stereocenters. The van der Waals surface area contributed by atoms with E-state index in [0.29, 0.717) is 19.4 Å². The van der Waals surface area contributed by atoms with Crippen LogP contribution in [0.4, 0.5) is 4.79 Å². The number of benzene rings is 2. The van der Waals surface area contributed by atoms with Crippen LogP contribution >= 0.6 is 0 Å². The zero-order valence-electron chi connectivity index (χ0n) is 19.7. The minimum Gasteiger partial charge on any atom is -0.479 e. The molecule has 180 valence electrons. The molecule has 2 N–H and O–H groups in total. The van der Waals surface area contributed by atoms with Crippen molar-refractivity contribution in [3.05, 3.63) is 59.7 Å². The maximum atomic E-state index is 13.2. The summed E-state index contributed by atoms with van der Waals surface area (Å²) < 4.78 is 10.8. The van der Waals surface area contributed by atoms with Gasteiger partial charge in [-0.1, -0.05) is 48.5 Å². The molecule has 8 heteroatoms. The van der Waals surface area contributed by atoms with Crippen LogP contribution in [0.2, 0.25) is 0 Å². The van der Waals surface area contributed by atoms with Gasteiger partial charge in [0.05, 0.1) is 6.54 Å². The first kappa shape index (κ1) is 23.8. The van der Waals surface area contributed by atoms with Gasteiger partial charge in [-0.25, -0.2) is 9.59 Å². The fraction of sp³-hybridized carbons (Fsp3) is 0.423. The molecule has 4 rings (SSSR count). The van der Waals surface area contributed by atoms with Crippen LogP contribution in [0.15, 0.2) is 48.5 Å². The molecule has 1 aliphatic carbocycles. The number of carbonyl (C=O) groups is 3. The zero-order valence-corrected chi connectivity index (χ0v) is 19.7. The van der Waals surface area contributed by atoms with E-state index in [4.69, 9.17) is 9.47 Å². The molecule has 1 heterocycles. The molecule has 8 nitrogen and oxygen atoms in total. The number of likely N-dealkylation sites (tertiary alicyclic amines) is 1. The highest BCUT2D eigenvalue weighted by molar-refractivity contribution is 5.90. The van der Waals surface area contributed by atoms with Crippen LogP contribution < -0.4 is 5.32 Å². The van der Waals surface area contributed by atoms with E-state index in [-0.39, 0.29) is 25.0 Å². The van der Waals surface area contributed by atoms with Gasteiger partial charge in [0.2, 0.25) is 5.91 Å². The number of fused-ring (bicyclic) bond motifs is 3. The molecule has 0 bridgehead atoms. The number of amides is 2. The summed E-state index contributed by atoms with van der Waals surface area (Å²) in [5.41, 5.74) is 1.75. The number of piperidine rings is 1. The highest BCUT2D eigenvalue weighted by atomic mass is 16.5. The molecule has 2 amide bonds. The van der Waals surface area contributed by atoms with Gasteiger partial charge in [0.15, 0.2) is 5.60 Å². The van der Waals surface area contributed by atoms with E-state index in [1.807, 2.05) is 36.4 Å². The number of hydrogen-bond donors (Lipinski definition) is 2. The molecule has 1 atom stereocenters. The van der Waals surface area contributed by atoms with E-state index in [1.165, 1.54) is 12.0 Å². The van der Waals surface area contributed by atoms with Crippen LogP contribution in [-0.2, 0) is 19.1 Å². The van der Waals surface area contributed by atoms with Crippen LogP contribution in [0.25, 0.3) is 11.1 Å². The maximum Gasteiger partial charge on any atom is 0.408 e. The summed E-state index contributed by atoms with van der Waals surface area (Å²) in [5.74, 6) is -1.57. The molecule has 1 aliphatic heterocycles. The number of carbonyl (C=O) groups excluding carboxylic acids is 2. The monoisotopic (exact) mass is 466 g/mol. The Labute approximate surface area is 198 Å². The Morgan fingerprint density at radius 3 is 2.24 bits per heavy atom. The number of carboxylic acids is 1. The minimum atomic E-state index is -1.44. The molecule has 34 heavy (non-hydrogen) atoms. The smallest absolute Gasteiger partial charge is 0.408 e. The molecule has 0 saturated carbocycles. The summed E-state index contributed by atoms with van der Waals surface area (Å²) in [7, 11) is 1.34. The number of rotatable bonds is 6. The van der Waals surface area contributed by atoms with Gasteiger partial charge in [0.1, 0.15) is 12.1 Å². The van der Waals surface area contributed by atoms with Crippen LogP contribution in [0.1, 0.15) is 43.7 Å². The summed E-state index contributed by atoms with van der Waals surface area (Å²) >= 11 is 0. The second-order valence-electron chi connectivity index (χ2n) is 9.41. The van der Waals surface area contributed by atoms with Crippen molar-refractivity contribution in [2.45, 2.75) is 43.7 Å². The van der Waals surface area contributed by atoms with Gasteiger partial charge >= 0.3 is 12.1 Å². The SMILES string of the molecule is COC1(C(=O)O)CCCN(C(=O)C(C)(C)NC(=O)OCC2c3ccccc3-c3ccccc32)C1. The van der Waals surface area contributed by atoms with Crippen LogP contribution in [0.5, 0.6) is 0 Å². The predicted octanol–water partition coefficient (Wildman–Crippen LogP) is 3.40. The van der Waals surface area contributed by atoms with Crippen LogP contribution in [0.3, 0.4) is 0 Å². The van der Waals surface area contributed by atoms with Crippen molar-refractivity contribution >= 4 is 18.0 Å². The largest absolute Gasteiger partial charge is 0.479 e. The molecule has 1 saturated heterocycles. The standard InChI is InChI=1S/C26H30N2O6/c1-25(2,22(29)28-14-8-13-26(16-28,33-3)23(30)31)27-24(32)34-15-21-19-11-6-4-9-17(19)18-10-5-7-12-20(18)21/h4-7,9-12,21H,8,13-16H2,1-3H3,(H,27,32)(H,30,31). The molecule has 0 aromatic heterocycles. The number of hydrogen-bond acceptors (Lipinski definition) is 5. The van der Waals surface area contributed by atoms with E-state index in [0.717, 1.165) is 22.3 Å². The third-order valence-corrected chi connectivity index (χ3v) is 6.82. The lowest BCUT2D eigenvalue weighted by Gasteiger charge is -2.41. The van der Waals surface area contributed by atoms with Crippen molar-refractivity contribution in [2.24, 2.45) is 0 Å². The van der Waals surface area contributed by atoms with Crippen LogP contribution in [0, 0.1) is 0 Å². The second-order valence-corrected chi connectivity index (χ2v) is 9.41. The maximum absolute atomic E-state index is 13.2. The number of nitrogens with one attached hydrogen (secondary N) is 1. The number of nitrogens with zero attached hydrogens (tertiary/aromatic N) is 1. The normalized spacial score (nSPS) is 19.8. The highest BCUT2D eigenvalue weighted by Crippen LogP contribution is 2.44. The molecule has 2 aromatic carbocycles. The average molecular weight is 467 g/mol.